The lowest BCUT2D eigenvalue weighted by Gasteiger charge is -2.12. The Bertz CT molecular complexity index is 488. The zero-order chi connectivity index (χ0) is 14.0. The van der Waals surface area contributed by atoms with Crippen LogP contribution in [0.15, 0.2) is 18.2 Å². The fourth-order valence-electron chi connectivity index (χ4n) is 2.16. The van der Waals surface area contributed by atoms with Gasteiger partial charge in [-0.25, -0.2) is 4.39 Å². The first kappa shape index (κ1) is 13.6. The molecule has 4 nitrogen and oxygen atoms in total. The number of methoxy groups -OCH3 is 2. The number of carbonyl (C=O) groups excluding carboxylic acids is 1. The molecule has 1 aliphatic carbocycles. The summed E-state index contributed by atoms with van der Waals surface area (Å²) in [4.78, 5) is 11.6. The van der Waals surface area contributed by atoms with Gasteiger partial charge in [-0.3, -0.25) is 4.79 Å². The van der Waals surface area contributed by atoms with Crippen LogP contribution in [-0.4, -0.2) is 26.8 Å². The molecule has 0 bridgehead atoms. The number of ether oxygens (including phenoxy) is 3. The number of hydrogen-bond acceptors (Lipinski definition) is 4. The van der Waals surface area contributed by atoms with Gasteiger partial charge in [0, 0.05) is 6.42 Å². The first-order valence-electron chi connectivity index (χ1n) is 6.14. The standard InChI is InChI=1S/C14H17FO4/c1-4-19-13(16)10-8-14(10,15)9-5-6-11(17-2)12(7-9)18-3/h5-7,10H,4,8H2,1-3H3/t10-,14+/m1/s1. The predicted octanol–water partition coefficient (Wildman–Crippen LogP) is 2.45. The summed E-state index contributed by atoms with van der Waals surface area (Å²) >= 11 is 0. The third kappa shape index (κ3) is 2.37. The second kappa shape index (κ2) is 5.07. The monoisotopic (exact) mass is 268 g/mol. The van der Waals surface area contributed by atoms with E-state index in [1.807, 2.05) is 0 Å². The smallest absolute Gasteiger partial charge is 0.312 e. The van der Waals surface area contributed by atoms with Gasteiger partial charge in [-0.05, 0) is 24.6 Å². The van der Waals surface area contributed by atoms with Crippen LogP contribution in [0.25, 0.3) is 0 Å². The molecule has 1 aliphatic rings. The van der Waals surface area contributed by atoms with Crippen LogP contribution in [0.5, 0.6) is 11.5 Å². The van der Waals surface area contributed by atoms with E-state index in [1.54, 1.807) is 25.1 Å². The molecule has 0 saturated heterocycles. The molecule has 19 heavy (non-hydrogen) atoms. The van der Waals surface area contributed by atoms with Crippen LogP contribution in [0.4, 0.5) is 4.39 Å². The zero-order valence-electron chi connectivity index (χ0n) is 11.2. The van der Waals surface area contributed by atoms with Crippen LogP contribution in [0.1, 0.15) is 18.9 Å². The van der Waals surface area contributed by atoms with E-state index in [-0.39, 0.29) is 13.0 Å². The van der Waals surface area contributed by atoms with Gasteiger partial charge in [-0.15, -0.1) is 0 Å². The van der Waals surface area contributed by atoms with Crippen LogP contribution in [0, 0.1) is 5.92 Å². The number of esters is 1. The van der Waals surface area contributed by atoms with E-state index >= 15 is 0 Å². The van der Waals surface area contributed by atoms with Crippen molar-refractivity contribution in [2.24, 2.45) is 5.92 Å². The Labute approximate surface area is 111 Å². The number of carbonyl (C=O) groups is 1. The lowest BCUT2D eigenvalue weighted by Crippen LogP contribution is -2.13. The van der Waals surface area contributed by atoms with Crippen molar-refractivity contribution in [3.8, 4) is 11.5 Å². The molecule has 0 aromatic heterocycles. The average molecular weight is 268 g/mol. The van der Waals surface area contributed by atoms with E-state index in [0.29, 0.717) is 17.1 Å². The first-order chi connectivity index (χ1) is 9.06. The molecule has 0 aliphatic heterocycles. The normalized spacial score (nSPS) is 24.7. The number of rotatable bonds is 5. The third-order valence-electron chi connectivity index (χ3n) is 3.33. The molecular formula is C14H17FO4. The Morgan fingerprint density at radius 2 is 2.05 bits per heavy atom. The summed E-state index contributed by atoms with van der Waals surface area (Å²) < 4.78 is 29.7. The topological polar surface area (TPSA) is 44.8 Å². The van der Waals surface area contributed by atoms with Gasteiger partial charge in [0.05, 0.1) is 26.7 Å². The molecule has 1 aromatic carbocycles. The minimum absolute atomic E-state index is 0.154. The van der Waals surface area contributed by atoms with Crippen molar-refractivity contribution in [3.05, 3.63) is 23.8 Å². The van der Waals surface area contributed by atoms with Crippen LogP contribution < -0.4 is 9.47 Å². The molecule has 1 fully saturated rings. The van der Waals surface area contributed by atoms with E-state index in [9.17, 15) is 9.18 Å². The summed E-state index contributed by atoms with van der Waals surface area (Å²) in [5.41, 5.74) is -1.23. The summed E-state index contributed by atoms with van der Waals surface area (Å²) in [6.45, 7) is 1.97. The zero-order valence-corrected chi connectivity index (χ0v) is 11.2. The summed E-state index contributed by atoms with van der Waals surface area (Å²) in [5, 5.41) is 0. The second-order valence-electron chi connectivity index (χ2n) is 4.44. The van der Waals surface area contributed by atoms with Crippen molar-refractivity contribution in [2.75, 3.05) is 20.8 Å². The Kier molecular flexibility index (Phi) is 3.64. The van der Waals surface area contributed by atoms with Crippen molar-refractivity contribution in [3.63, 3.8) is 0 Å². The molecule has 0 heterocycles. The maximum atomic E-state index is 14.6. The van der Waals surface area contributed by atoms with Crippen LogP contribution >= 0.6 is 0 Å². The highest BCUT2D eigenvalue weighted by atomic mass is 19.1. The highest BCUT2D eigenvalue weighted by Gasteiger charge is 2.62. The molecule has 1 saturated carbocycles. The SMILES string of the molecule is CCOC(=O)[C@H]1C[C@]1(F)c1ccc(OC)c(OC)c1. The van der Waals surface area contributed by atoms with E-state index in [0.717, 1.165) is 0 Å². The molecule has 0 spiro atoms. The highest BCUT2D eigenvalue weighted by molar-refractivity contribution is 5.78. The van der Waals surface area contributed by atoms with Crippen LogP contribution in [-0.2, 0) is 15.2 Å². The van der Waals surface area contributed by atoms with Gasteiger partial charge in [0.1, 0.15) is 0 Å². The van der Waals surface area contributed by atoms with Gasteiger partial charge in [-0.1, -0.05) is 6.07 Å². The van der Waals surface area contributed by atoms with E-state index < -0.39 is 17.6 Å². The van der Waals surface area contributed by atoms with Crippen molar-refractivity contribution in [1.29, 1.82) is 0 Å². The van der Waals surface area contributed by atoms with Gasteiger partial charge >= 0.3 is 5.97 Å². The lowest BCUT2D eigenvalue weighted by molar-refractivity contribution is -0.145. The number of halogens is 1. The van der Waals surface area contributed by atoms with Crippen LogP contribution in [0.3, 0.4) is 0 Å². The summed E-state index contributed by atoms with van der Waals surface area (Å²) in [6, 6.07) is 4.81. The summed E-state index contributed by atoms with van der Waals surface area (Å²) in [5.74, 6) is -0.222. The number of alkyl halides is 1. The van der Waals surface area contributed by atoms with Gasteiger partial charge in [0.25, 0.3) is 0 Å². The maximum Gasteiger partial charge on any atom is 0.312 e. The van der Waals surface area contributed by atoms with Crippen molar-refractivity contribution >= 4 is 5.97 Å². The first-order valence-corrected chi connectivity index (χ1v) is 6.14. The molecule has 5 heteroatoms. The molecule has 0 unspecified atom stereocenters. The van der Waals surface area contributed by atoms with Gasteiger partial charge in [0.15, 0.2) is 17.2 Å². The van der Waals surface area contributed by atoms with Crippen molar-refractivity contribution < 1.29 is 23.4 Å². The third-order valence-corrected chi connectivity index (χ3v) is 3.33. The molecule has 1 aromatic rings. The summed E-state index contributed by atoms with van der Waals surface area (Å²) in [6.07, 6.45) is 0.154. The Morgan fingerprint density at radius 1 is 1.37 bits per heavy atom. The fraction of sp³-hybridized carbons (Fsp3) is 0.500. The lowest BCUT2D eigenvalue weighted by atomic mass is 10.1. The molecule has 0 radical (unpaired) electrons. The largest absolute Gasteiger partial charge is 0.493 e. The maximum absolute atomic E-state index is 14.6. The quantitative estimate of drug-likeness (QED) is 0.769. The summed E-state index contributed by atoms with van der Waals surface area (Å²) in [7, 11) is 3.00. The number of hydrogen-bond donors (Lipinski definition) is 0. The molecule has 104 valence electrons. The Hall–Kier alpha value is -1.78. The predicted molar refractivity (Wildman–Crippen MR) is 67.1 cm³/mol. The van der Waals surface area contributed by atoms with E-state index in [2.05, 4.69) is 0 Å². The van der Waals surface area contributed by atoms with Gasteiger partial charge in [0.2, 0.25) is 0 Å². The molecule has 2 atom stereocenters. The second-order valence-corrected chi connectivity index (χ2v) is 4.44. The highest BCUT2D eigenvalue weighted by Crippen LogP contribution is 2.57. The van der Waals surface area contributed by atoms with Crippen molar-refractivity contribution in [1.82, 2.24) is 0 Å². The minimum Gasteiger partial charge on any atom is -0.493 e. The Balaban J connectivity index is 2.22. The molecule has 0 amide bonds. The fourth-order valence-corrected chi connectivity index (χ4v) is 2.16. The van der Waals surface area contributed by atoms with Gasteiger partial charge in [-0.2, -0.15) is 0 Å². The van der Waals surface area contributed by atoms with Gasteiger partial charge < -0.3 is 14.2 Å². The Morgan fingerprint density at radius 3 is 2.63 bits per heavy atom. The van der Waals surface area contributed by atoms with E-state index in [4.69, 9.17) is 14.2 Å². The van der Waals surface area contributed by atoms with Crippen LogP contribution in [0.2, 0.25) is 0 Å². The molecule has 2 rings (SSSR count). The minimum atomic E-state index is -1.65. The average Bonchev–Trinajstić information content (AvgIpc) is 3.12. The number of benzene rings is 1. The van der Waals surface area contributed by atoms with E-state index in [1.165, 1.54) is 14.2 Å². The molecular weight excluding hydrogens is 251 g/mol. The van der Waals surface area contributed by atoms with Crippen molar-refractivity contribution in [2.45, 2.75) is 19.0 Å². The molecule has 0 N–H and O–H groups in total.